The lowest BCUT2D eigenvalue weighted by Crippen LogP contribution is -2.63. The lowest BCUT2D eigenvalue weighted by atomic mass is 9.97. The molecule has 3 rings (SSSR count). The number of amides is 4. The fourth-order valence-electron chi connectivity index (χ4n) is 3.11. The summed E-state index contributed by atoms with van der Waals surface area (Å²) in [7, 11) is 0. The summed E-state index contributed by atoms with van der Waals surface area (Å²) in [6.07, 6.45) is 0. The quantitative estimate of drug-likeness (QED) is 0.569. The number of rotatable bonds is 3. The van der Waals surface area contributed by atoms with Crippen LogP contribution in [0.25, 0.3) is 0 Å². The van der Waals surface area contributed by atoms with Gasteiger partial charge in [-0.25, -0.2) is 9.78 Å². The zero-order valence-electron chi connectivity index (χ0n) is 18.4. The largest absolute Gasteiger partial charge is 0.352 e. The van der Waals surface area contributed by atoms with Gasteiger partial charge in [0.25, 0.3) is 5.91 Å². The van der Waals surface area contributed by atoms with E-state index in [9.17, 15) is 14.4 Å². The number of piperazine rings is 1. The van der Waals surface area contributed by atoms with Gasteiger partial charge < -0.3 is 15.5 Å². The molecule has 4 amide bonds. The molecule has 0 spiro atoms. The molecule has 1 aliphatic rings. The third kappa shape index (κ3) is 4.84. The van der Waals surface area contributed by atoms with Gasteiger partial charge >= 0.3 is 6.03 Å². The Kier molecular flexibility index (Phi) is 6.74. The molecule has 2 heterocycles. The molecular weight excluding hydrogens is 473 g/mol. The molecule has 2 aromatic rings. The summed E-state index contributed by atoms with van der Waals surface area (Å²) in [6.45, 7) is 9.94. The standard InChI is InChI=1S/C21H25Cl2N5O3S/c1-20(2,3)18-26-14(16(29)28-10-9-24-17(30)21(28,4)5)15(32-18)27-19(31)25-12-8-6-7-11(22)13(12)23/h6-8H,9-10H2,1-5H3,(H,24,30)(H2,25,27,31). The van der Waals surface area contributed by atoms with E-state index in [1.165, 1.54) is 16.2 Å². The highest BCUT2D eigenvalue weighted by Gasteiger charge is 2.42. The Morgan fingerprint density at radius 2 is 1.91 bits per heavy atom. The van der Waals surface area contributed by atoms with Crippen LogP contribution in [0, 0.1) is 0 Å². The SMILES string of the molecule is CC(C)(C)c1nc(C(=O)N2CCNC(=O)C2(C)C)c(NC(=O)Nc2cccc(Cl)c2Cl)s1. The molecule has 8 nitrogen and oxygen atoms in total. The second-order valence-corrected chi connectivity index (χ2v) is 10.7. The Morgan fingerprint density at radius 3 is 2.56 bits per heavy atom. The van der Waals surface area contributed by atoms with Crippen molar-refractivity contribution in [2.24, 2.45) is 0 Å². The van der Waals surface area contributed by atoms with Crippen molar-refractivity contribution in [1.82, 2.24) is 15.2 Å². The number of halogens is 2. The lowest BCUT2D eigenvalue weighted by Gasteiger charge is -2.40. The maximum Gasteiger partial charge on any atom is 0.324 e. The van der Waals surface area contributed by atoms with Crippen molar-refractivity contribution >= 4 is 63.1 Å². The van der Waals surface area contributed by atoms with Gasteiger partial charge in [-0.05, 0) is 26.0 Å². The van der Waals surface area contributed by atoms with Crippen molar-refractivity contribution in [1.29, 1.82) is 0 Å². The summed E-state index contributed by atoms with van der Waals surface area (Å²) >= 11 is 13.4. The summed E-state index contributed by atoms with van der Waals surface area (Å²) in [6, 6.07) is 4.29. The topological polar surface area (TPSA) is 103 Å². The highest BCUT2D eigenvalue weighted by atomic mass is 35.5. The van der Waals surface area contributed by atoms with Crippen LogP contribution in [0.1, 0.15) is 50.1 Å². The lowest BCUT2D eigenvalue weighted by molar-refractivity contribution is -0.133. The first-order chi connectivity index (χ1) is 14.8. The number of hydrogen-bond acceptors (Lipinski definition) is 5. The van der Waals surface area contributed by atoms with Crippen LogP contribution in [-0.2, 0) is 10.2 Å². The smallest absolute Gasteiger partial charge is 0.324 e. The average molecular weight is 498 g/mol. The Morgan fingerprint density at radius 1 is 1.22 bits per heavy atom. The predicted octanol–water partition coefficient (Wildman–Crippen LogP) is 4.74. The number of urea groups is 1. The van der Waals surface area contributed by atoms with E-state index in [1.807, 2.05) is 20.8 Å². The zero-order valence-corrected chi connectivity index (χ0v) is 20.8. The van der Waals surface area contributed by atoms with E-state index in [4.69, 9.17) is 23.2 Å². The molecule has 172 valence electrons. The minimum atomic E-state index is -1.05. The van der Waals surface area contributed by atoms with Crippen LogP contribution in [-0.4, -0.2) is 46.4 Å². The van der Waals surface area contributed by atoms with Gasteiger partial charge in [-0.2, -0.15) is 0 Å². The summed E-state index contributed by atoms with van der Waals surface area (Å²) in [5.41, 5.74) is -0.968. The number of nitrogens with zero attached hydrogens (tertiary/aromatic N) is 2. The number of aromatic nitrogens is 1. The van der Waals surface area contributed by atoms with Crippen molar-refractivity contribution in [2.45, 2.75) is 45.6 Å². The summed E-state index contributed by atoms with van der Waals surface area (Å²) in [5, 5.41) is 9.60. The van der Waals surface area contributed by atoms with Crippen LogP contribution in [0.4, 0.5) is 15.5 Å². The molecule has 0 saturated carbocycles. The average Bonchev–Trinajstić information content (AvgIpc) is 3.11. The van der Waals surface area contributed by atoms with Gasteiger partial charge in [0, 0.05) is 18.5 Å². The molecule has 0 aliphatic carbocycles. The Balaban J connectivity index is 1.92. The second-order valence-electron chi connectivity index (χ2n) is 8.90. The van der Waals surface area contributed by atoms with Gasteiger partial charge in [0.15, 0.2) is 5.69 Å². The molecule has 0 unspecified atom stereocenters. The van der Waals surface area contributed by atoms with Crippen molar-refractivity contribution in [3.05, 3.63) is 38.9 Å². The van der Waals surface area contributed by atoms with Crippen LogP contribution < -0.4 is 16.0 Å². The van der Waals surface area contributed by atoms with Gasteiger partial charge in [0.2, 0.25) is 5.91 Å². The fourth-order valence-corrected chi connectivity index (χ4v) is 4.47. The number of carbonyl (C=O) groups is 3. The Hall–Kier alpha value is -2.36. The highest BCUT2D eigenvalue weighted by Crippen LogP contribution is 2.35. The van der Waals surface area contributed by atoms with Gasteiger partial charge in [0.05, 0.1) is 15.7 Å². The molecule has 0 bridgehead atoms. The fraction of sp³-hybridized carbons (Fsp3) is 0.429. The Bertz CT molecular complexity index is 1080. The van der Waals surface area contributed by atoms with Crippen molar-refractivity contribution in [3.8, 4) is 0 Å². The normalized spacial score (nSPS) is 15.8. The van der Waals surface area contributed by atoms with Gasteiger partial charge in [-0.1, -0.05) is 61.4 Å². The summed E-state index contributed by atoms with van der Waals surface area (Å²) in [4.78, 5) is 44.5. The van der Waals surface area contributed by atoms with Crippen LogP contribution in [0.2, 0.25) is 10.0 Å². The van der Waals surface area contributed by atoms with Gasteiger partial charge in [0.1, 0.15) is 15.5 Å². The van der Waals surface area contributed by atoms with Crippen molar-refractivity contribution in [2.75, 3.05) is 23.7 Å². The Labute approximate surface area is 200 Å². The van der Waals surface area contributed by atoms with E-state index in [-0.39, 0.29) is 27.0 Å². The van der Waals surface area contributed by atoms with Crippen LogP contribution in [0.15, 0.2) is 18.2 Å². The van der Waals surface area contributed by atoms with Crippen LogP contribution in [0.3, 0.4) is 0 Å². The molecular formula is C21H25Cl2N5O3S. The van der Waals surface area contributed by atoms with Gasteiger partial charge in [-0.3, -0.25) is 14.9 Å². The number of nitrogens with one attached hydrogen (secondary N) is 3. The summed E-state index contributed by atoms with van der Waals surface area (Å²) in [5.74, 6) is -0.668. The van der Waals surface area contributed by atoms with E-state index in [1.54, 1.807) is 32.0 Å². The van der Waals surface area contributed by atoms with Gasteiger partial charge in [-0.15, -0.1) is 0 Å². The van der Waals surface area contributed by atoms with E-state index in [2.05, 4.69) is 20.9 Å². The maximum atomic E-state index is 13.4. The molecule has 1 aromatic carbocycles. The number of hydrogen-bond donors (Lipinski definition) is 3. The van der Waals surface area contributed by atoms with E-state index in [0.717, 1.165) is 0 Å². The monoisotopic (exact) mass is 497 g/mol. The van der Waals surface area contributed by atoms with E-state index in [0.29, 0.717) is 28.8 Å². The maximum absolute atomic E-state index is 13.4. The molecule has 11 heteroatoms. The van der Waals surface area contributed by atoms with Crippen molar-refractivity contribution in [3.63, 3.8) is 0 Å². The third-order valence-corrected chi connectivity index (χ3v) is 7.21. The first-order valence-electron chi connectivity index (χ1n) is 9.96. The zero-order chi connectivity index (χ0) is 23.8. The molecule has 1 aliphatic heterocycles. The van der Waals surface area contributed by atoms with Crippen molar-refractivity contribution < 1.29 is 14.4 Å². The third-order valence-electron chi connectivity index (χ3n) is 4.99. The first-order valence-corrected chi connectivity index (χ1v) is 11.5. The van der Waals surface area contributed by atoms with Crippen LogP contribution >= 0.6 is 34.5 Å². The predicted molar refractivity (Wildman–Crippen MR) is 128 cm³/mol. The molecule has 0 radical (unpaired) electrons. The van der Waals surface area contributed by atoms with E-state index < -0.39 is 17.5 Å². The molecule has 32 heavy (non-hydrogen) atoms. The first kappa shape index (κ1) is 24.3. The second kappa shape index (κ2) is 8.88. The number of anilines is 2. The molecule has 1 fully saturated rings. The highest BCUT2D eigenvalue weighted by molar-refractivity contribution is 7.16. The minimum Gasteiger partial charge on any atom is -0.352 e. The molecule has 3 N–H and O–H groups in total. The van der Waals surface area contributed by atoms with Crippen LogP contribution in [0.5, 0.6) is 0 Å². The minimum absolute atomic E-state index is 0.0926. The molecule has 0 atom stereocenters. The number of benzene rings is 1. The molecule has 1 saturated heterocycles. The molecule has 1 aromatic heterocycles. The number of thiazole rings is 1. The summed E-state index contributed by atoms with van der Waals surface area (Å²) < 4.78 is 0. The van der Waals surface area contributed by atoms with E-state index >= 15 is 0 Å². The number of carbonyl (C=O) groups excluding carboxylic acids is 3.